The van der Waals surface area contributed by atoms with E-state index in [2.05, 4.69) is 5.32 Å². The van der Waals surface area contributed by atoms with Crippen LogP contribution in [0.2, 0.25) is 0 Å². The number of aryl methyl sites for hydroxylation is 1. The molecule has 20 heavy (non-hydrogen) atoms. The van der Waals surface area contributed by atoms with Gasteiger partial charge in [-0.15, -0.1) is 0 Å². The third-order valence-corrected chi connectivity index (χ3v) is 2.61. The second-order valence-corrected chi connectivity index (χ2v) is 5.78. The van der Waals surface area contributed by atoms with Crippen LogP contribution in [0.1, 0.15) is 43.6 Å². The molecule has 0 saturated heterocycles. The molecule has 1 unspecified atom stereocenters. The molecule has 2 N–H and O–H groups in total. The van der Waals surface area contributed by atoms with Crippen molar-refractivity contribution < 1.29 is 19.4 Å². The van der Waals surface area contributed by atoms with E-state index in [0.717, 1.165) is 0 Å². The van der Waals surface area contributed by atoms with E-state index in [9.17, 15) is 9.59 Å². The van der Waals surface area contributed by atoms with Crippen LogP contribution in [-0.4, -0.2) is 28.6 Å². The molecule has 5 nitrogen and oxygen atoms in total. The highest BCUT2D eigenvalue weighted by Gasteiger charge is 2.20. The number of carbonyl (C=O) groups excluding carboxylic acids is 1. The lowest BCUT2D eigenvalue weighted by Crippen LogP contribution is -2.46. The van der Waals surface area contributed by atoms with Crippen LogP contribution in [0.15, 0.2) is 18.2 Å². The van der Waals surface area contributed by atoms with Gasteiger partial charge < -0.3 is 15.2 Å². The Kier molecular flexibility index (Phi) is 4.76. The van der Waals surface area contributed by atoms with Crippen molar-refractivity contribution in [2.75, 3.05) is 0 Å². The number of amides is 1. The van der Waals surface area contributed by atoms with Crippen LogP contribution in [0.4, 0.5) is 0 Å². The Morgan fingerprint density at radius 2 is 1.90 bits per heavy atom. The van der Waals surface area contributed by atoms with Crippen molar-refractivity contribution in [1.82, 2.24) is 5.32 Å². The van der Waals surface area contributed by atoms with Gasteiger partial charge in [0.1, 0.15) is 5.75 Å². The standard InChI is InChI=1S/C15H21NO4/c1-9-8-11(6-7-12(9)14(18)19)20-10(2)13(17)16-15(3,4)5/h6-8,10H,1-5H3,(H,16,17)(H,18,19). The number of carboxylic acids is 1. The maximum Gasteiger partial charge on any atom is 0.335 e. The molecule has 1 aromatic rings. The minimum Gasteiger partial charge on any atom is -0.481 e. The zero-order valence-corrected chi connectivity index (χ0v) is 12.5. The fraction of sp³-hybridized carbons (Fsp3) is 0.467. The first-order chi connectivity index (χ1) is 9.10. The van der Waals surface area contributed by atoms with Gasteiger partial charge in [-0.2, -0.15) is 0 Å². The Labute approximate surface area is 118 Å². The molecule has 110 valence electrons. The normalized spacial score (nSPS) is 12.7. The maximum atomic E-state index is 11.9. The summed E-state index contributed by atoms with van der Waals surface area (Å²) >= 11 is 0. The first-order valence-electron chi connectivity index (χ1n) is 6.43. The van der Waals surface area contributed by atoms with Crippen LogP contribution >= 0.6 is 0 Å². The molecule has 0 fully saturated rings. The molecule has 1 rings (SSSR count). The van der Waals surface area contributed by atoms with Gasteiger partial charge in [0.2, 0.25) is 0 Å². The molecule has 0 radical (unpaired) electrons. The number of nitrogens with one attached hydrogen (secondary N) is 1. The van der Waals surface area contributed by atoms with E-state index in [0.29, 0.717) is 11.3 Å². The summed E-state index contributed by atoms with van der Waals surface area (Å²) < 4.78 is 5.53. The van der Waals surface area contributed by atoms with Gasteiger partial charge >= 0.3 is 5.97 Å². The van der Waals surface area contributed by atoms with Gasteiger partial charge in [0.05, 0.1) is 5.56 Å². The number of aromatic carboxylic acids is 1. The summed E-state index contributed by atoms with van der Waals surface area (Å²) in [5, 5.41) is 11.8. The number of hydrogen-bond donors (Lipinski definition) is 2. The number of benzene rings is 1. The second-order valence-electron chi connectivity index (χ2n) is 5.78. The first-order valence-corrected chi connectivity index (χ1v) is 6.43. The van der Waals surface area contributed by atoms with E-state index < -0.39 is 12.1 Å². The van der Waals surface area contributed by atoms with Gasteiger partial charge in [-0.25, -0.2) is 4.79 Å². The number of hydrogen-bond acceptors (Lipinski definition) is 3. The van der Waals surface area contributed by atoms with E-state index >= 15 is 0 Å². The number of carbonyl (C=O) groups is 2. The Bertz CT molecular complexity index is 517. The van der Waals surface area contributed by atoms with Crippen molar-refractivity contribution in [3.63, 3.8) is 0 Å². The largest absolute Gasteiger partial charge is 0.481 e. The molecule has 1 aromatic carbocycles. The Balaban J connectivity index is 2.76. The number of carboxylic acid groups (broad SMARTS) is 1. The zero-order chi connectivity index (χ0) is 15.5. The van der Waals surface area contributed by atoms with Crippen molar-refractivity contribution >= 4 is 11.9 Å². The highest BCUT2D eigenvalue weighted by atomic mass is 16.5. The van der Waals surface area contributed by atoms with Crippen molar-refractivity contribution in [2.24, 2.45) is 0 Å². The van der Waals surface area contributed by atoms with Crippen LogP contribution in [0, 0.1) is 6.92 Å². The topological polar surface area (TPSA) is 75.6 Å². The van der Waals surface area contributed by atoms with Gasteiger partial charge in [-0.3, -0.25) is 4.79 Å². The summed E-state index contributed by atoms with van der Waals surface area (Å²) in [6.45, 7) is 9.02. The third-order valence-electron chi connectivity index (χ3n) is 2.61. The van der Waals surface area contributed by atoms with Crippen LogP contribution in [0.25, 0.3) is 0 Å². The van der Waals surface area contributed by atoms with Crippen LogP contribution in [0.3, 0.4) is 0 Å². The third kappa shape index (κ3) is 4.57. The molecule has 0 heterocycles. The highest BCUT2D eigenvalue weighted by molar-refractivity contribution is 5.89. The maximum absolute atomic E-state index is 11.9. The summed E-state index contributed by atoms with van der Waals surface area (Å²) in [4.78, 5) is 22.8. The Morgan fingerprint density at radius 1 is 1.30 bits per heavy atom. The summed E-state index contributed by atoms with van der Waals surface area (Å²) in [6, 6.07) is 4.64. The summed E-state index contributed by atoms with van der Waals surface area (Å²) in [5.41, 5.74) is 0.500. The average molecular weight is 279 g/mol. The predicted octanol–water partition coefficient (Wildman–Crippen LogP) is 2.38. The van der Waals surface area contributed by atoms with Crippen molar-refractivity contribution in [2.45, 2.75) is 46.3 Å². The monoisotopic (exact) mass is 279 g/mol. The second kappa shape index (κ2) is 5.94. The van der Waals surface area contributed by atoms with Crippen LogP contribution in [0.5, 0.6) is 5.75 Å². The van der Waals surface area contributed by atoms with E-state index in [-0.39, 0.29) is 17.0 Å². The first kappa shape index (κ1) is 16.0. The van der Waals surface area contributed by atoms with Gasteiger partial charge in [-0.05, 0) is 58.4 Å². The van der Waals surface area contributed by atoms with Gasteiger partial charge in [-0.1, -0.05) is 0 Å². The summed E-state index contributed by atoms with van der Waals surface area (Å²) in [7, 11) is 0. The average Bonchev–Trinajstić information content (AvgIpc) is 2.26. The minimum absolute atomic E-state index is 0.211. The lowest BCUT2D eigenvalue weighted by molar-refractivity contribution is -0.128. The fourth-order valence-corrected chi connectivity index (χ4v) is 1.68. The highest BCUT2D eigenvalue weighted by Crippen LogP contribution is 2.18. The molecule has 5 heteroatoms. The van der Waals surface area contributed by atoms with Crippen molar-refractivity contribution in [3.8, 4) is 5.75 Å². The smallest absolute Gasteiger partial charge is 0.335 e. The number of rotatable bonds is 4. The Morgan fingerprint density at radius 3 is 2.35 bits per heavy atom. The van der Waals surface area contributed by atoms with Crippen molar-refractivity contribution in [3.05, 3.63) is 29.3 Å². The fourth-order valence-electron chi connectivity index (χ4n) is 1.68. The molecule has 0 aliphatic rings. The summed E-state index contributed by atoms with van der Waals surface area (Å²) in [5.74, 6) is -0.714. The summed E-state index contributed by atoms with van der Waals surface area (Å²) in [6.07, 6.45) is -0.649. The zero-order valence-electron chi connectivity index (χ0n) is 12.5. The molecular formula is C15H21NO4. The molecular weight excluding hydrogens is 258 g/mol. The van der Waals surface area contributed by atoms with Gasteiger partial charge in [0.15, 0.2) is 6.10 Å². The molecule has 0 saturated carbocycles. The molecule has 0 bridgehead atoms. The molecule has 1 amide bonds. The molecule has 1 atom stereocenters. The Hall–Kier alpha value is -2.04. The van der Waals surface area contributed by atoms with Crippen LogP contribution < -0.4 is 10.1 Å². The quantitative estimate of drug-likeness (QED) is 0.887. The lowest BCUT2D eigenvalue weighted by Gasteiger charge is -2.23. The van der Waals surface area contributed by atoms with Crippen molar-refractivity contribution in [1.29, 1.82) is 0 Å². The van der Waals surface area contributed by atoms with Gasteiger partial charge in [0.25, 0.3) is 5.91 Å². The van der Waals surface area contributed by atoms with Gasteiger partial charge in [0, 0.05) is 5.54 Å². The van der Waals surface area contributed by atoms with E-state index in [1.165, 1.54) is 6.07 Å². The molecule has 0 aromatic heterocycles. The van der Waals surface area contributed by atoms with E-state index in [4.69, 9.17) is 9.84 Å². The minimum atomic E-state index is -0.979. The molecule has 0 aliphatic carbocycles. The SMILES string of the molecule is Cc1cc(OC(C)C(=O)NC(C)(C)C)ccc1C(=O)O. The predicted molar refractivity (Wildman–Crippen MR) is 76.1 cm³/mol. The lowest BCUT2D eigenvalue weighted by atomic mass is 10.1. The number of ether oxygens (including phenoxy) is 1. The molecule has 0 aliphatic heterocycles. The van der Waals surface area contributed by atoms with E-state index in [1.54, 1.807) is 26.0 Å². The molecule has 0 spiro atoms. The van der Waals surface area contributed by atoms with Crippen LogP contribution in [-0.2, 0) is 4.79 Å². The van der Waals surface area contributed by atoms with E-state index in [1.807, 2.05) is 20.8 Å².